The minimum Gasteiger partial charge on any atom is -0.258 e. The van der Waals surface area contributed by atoms with Crippen LogP contribution in [0.15, 0.2) is 12.1 Å². The highest BCUT2D eigenvalue weighted by molar-refractivity contribution is 9.08. The number of hydrogen-bond acceptors (Lipinski definition) is 2. The predicted octanol–water partition coefficient (Wildman–Crippen LogP) is 2.77. The van der Waals surface area contributed by atoms with Crippen molar-refractivity contribution < 1.29 is 13.7 Å². The van der Waals surface area contributed by atoms with Gasteiger partial charge in [0.2, 0.25) is 5.82 Å². The van der Waals surface area contributed by atoms with Gasteiger partial charge >= 0.3 is 5.69 Å². The summed E-state index contributed by atoms with van der Waals surface area (Å²) in [6, 6.07) is 1.38. The molecule has 0 aromatic heterocycles. The van der Waals surface area contributed by atoms with Crippen molar-refractivity contribution in [2.75, 3.05) is 0 Å². The molecule has 0 atom stereocenters. The van der Waals surface area contributed by atoms with E-state index in [-0.39, 0.29) is 10.9 Å². The van der Waals surface area contributed by atoms with E-state index in [1.165, 1.54) is 0 Å². The van der Waals surface area contributed by atoms with E-state index in [2.05, 4.69) is 15.9 Å². The zero-order chi connectivity index (χ0) is 10.0. The molecule has 3 nitrogen and oxygen atoms in total. The lowest BCUT2D eigenvalue weighted by molar-refractivity contribution is -0.387. The molecule has 0 aliphatic heterocycles. The lowest BCUT2D eigenvalue weighted by atomic mass is 10.2. The first-order valence-corrected chi connectivity index (χ1v) is 4.36. The van der Waals surface area contributed by atoms with Gasteiger partial charge in [-0.2, -0.15) is 4.39 Å². The van der Waals surface area contributed by atoms with Crippen molar-refractivity contribution in [2.45, 2.75) is 5.33 Å². The van der Waals surface area contributed by atoms with E-state index in [1.54, 1.807) is 0 Å². The zero-order valence-electron chi connectivity index (χ0n) is 6.26. The van der Waals surface area contributed by atoms with Gasteiger partial charge in [-0.15, -0.1) is 0 Å². The normalized spacial score (nSPS) is 10.1. The highest BCUT2D eigenvalue weighted by Crippen LogP contribution is 2.22. The van der Waals surface area contributed by atoms with Gasteiger partial charge < -0.3 is 0 Å². The summed E-state index contributed by atoms with van der Waals surface area (Å²) in [4.78, 5) is 9.20. The summed E-state index contributed by atoms with van der Waals surface area (Å²) in [6.07, 6.45) is 0. The number of alkyl halides is 1. The number of nitro benzene ring substituents is 1. The lowest BCUT2D eigenvalue weighted by Gasteiger charge is -1.99. The highest BCUT2D eigenvalue weighted by atomic mass is 79.9. The van der Waals surface area contributed by atoms with Crippen LogP contribution in [0.4, 0.5) is 14.5 Å². The van der Waals surface area contributed by atoms with Gasteiger partial charge in [0, 0.05) is 10.9 Å². The number of nitro groups is 1. The molecule has 0 saturated carbocycles. The topological polar surface area (TPSA) is 43.1 Å². The molecule has 0 bridgehead atoms. The Morgan fingerprint density at radius 3 is 2.46 bits per heavy atom. The number of nitrogens with zero attached hydrogens (tertiary/aromatic N) is 1. The first kappa shape index (κ1) is 10.0. The van der Waals surface area contributed by atoms with Gasteiger partial charge in [0.15, 0.2) is 0 Å². The van der Waals surface area contributed by atoms with Crippen LogP contribution in [0.25, 0.3) is 0 Å². The van der Waals surface area contributed by atoms with E-state index in [9.17, 15) is 18.9 Å². The summed E-state index contributed by atoms with van der Waals surface area (Å²) in [5.41, 5.74) is -0.787. The Hall–Kier alpha value is -1.04. The average Bonchev–Trinajstić information content (AvgIpc) is 2.07. The molecule has 70 valence electrons. The van der Waals surface area contributed by atoms with Crippen molar-refractivity contribution >= 4 is 21.6 Å². The van der Waals surface area contributed by atoms with E-state index in [1.807, 2.05) is 0 Å². The van der Waals surface area contributed by atoms with Crippen molar-refractivity contribution in [2.24, 2.45) is 0 Å². The van der Waals surface area contributed by atoms with E-state index in [0.29, 0.717) is 6.07 Å². The van der Waals surface area contributed by atoms with E-state index in [4.69, 9.17) is 0 Å². The van der Waals surface area contributed by atoms with Crippen molar-refractivity contribution in [3.63, 3.8) is 0 Å². The average molecular weight is 252 g/mol. The molecule has 0 aliphatic carbocycles. The molecule has 0 amide bonds. The van der Waals surface area contributed by atoms with Gasteiger partial charge in [0.1, 0.15) is 5.82 Å². The second-order valence-corrected chi connectivity index (χ2v) is 2.85. The molecule has 0 radical (unpaired) electrons. The Balaban J connectivity index is 3.28. The molecule has 0 saturated heterocycles. The Bertz CT molecular complexity index is 357. The van der Waals surface area contributed by atoms with Crippen molar-refractivity contribution in [3.05, 3.63) is 39.4 Å². The Morgan fingerprint density at radius 2 is 2.00 bits per heavy atom. The molecule has 0 N–H and O–H groups in total. The van der Waals surface area contributed by atoms with Gasteiger partial charge in [-0.1, -0.05) is 15.9 Å². The summed E-state index contributed by atoms with van der Waals surface area (Å²) >= 11 is 2.93. The third-order valence-corrected chi connectivity index (χ3v) is 2.06. The molecule has 0 unspecified atom stereocenters. The fraction of sp³-hybridized carbons (Fsp3) is 0.143. The minimum absolute atomic E-state index is 0.0584. The maximum absolute atomic E-state index is 12.9. The van der Waals surface area contributed by atoms with Gasteiger partial charge in [0.25, 0.3) is 0 Å². The monoisotopic (exact) mass is 251 g/mol. The summed E-state index contributed by atoms with van der Waals surface area (Å²) < 4.78 is 25.7. The lowest BCUT2D eigenvalue weighted by Crippen LogP contribution is -1.96. The number of halogens is 3. The molecular weight excluding hydrogens is 248 g/mol. The molecule has 1 aromatic rings. The van der Waals surface area contributed by atoms with Gasteiger partial charge in [0.05, 0.1) is 11.0 Å². The predicted molar refractivity (Wildman–Crippen MR) is 45.6 cm³/mol. The molecule has 1 rings (SSSR count). The van der Waals surface area contributed by atoms with Crippen LogP contribution in [0.2, 0.25) is 0 Å². The number of hydrogen-bond donors (Lipinski definition) is 0. The SMILES string of the molecule is O=[N+]([O-])c1cc(F)c(CBr)cc1F. The smallest absolute Gasteiger partial charge is 0.258 e. The molecule has 0 aliphatic rings. The van der Waals surface area contributed by atoms with Gasteiger partial charge in [-0.3, -0.25) is 10.1 Å². The molecule has 0 spiro atoms. The summed E-state index contributed by atoms with van der Waals surface area (Å²) in [6.45, 7) is 0. The standard InChI is InChI=1S/C7H4BrF2NO2/c8-3-4-1-6(10)7(11(12)13)2-5(4)9/h1-2H,3H2. The third kappa shape index (κ3) is 2.00. The first-order chi connectivity index (χ1) is 6.06. The molecular formula is C7H4BrF2NO2. The number of rotatable bonds is 2. The molecule has 6 heteroatoms. The van der Waals surface area contributed by atoms with Crippen molar-refractivity contribution in [1.82, 2.24) is 0 Å². The van der Waals surface area contributed by atoms with Crippen LogP contribution in [0.5, 0.6) is 0 Å². The van der Waals surface area contributed by atoms with Crippen molar-refractivity contribution in [3.8, 4) is 0 Å². The molecule has 1 aromatic carbocycles. The second-order valence-electron chi connectivity index (χ2n) is 2.29. The summed E-state index contributed by atoms with van der Waals surface area (Å²) in [5.74, 6) is -1.81. The van der Waals surface area contributed by atoms with Crippen molar-refractivity contribution in [1.29, 1.82) is 0 Å². The van der Waals surface area contributed by atoms with Crippen LogP contribution in [-0.4, -0.2) is 4.92 Å². The summed E-state index contributed by atoms with van der Waals surface area (Å²) in [7, 11) is 0. The van der Waals surface area contributed by atoms with Gasteiger partial charge in [-0.25, -0.2) is 4.39 Å². The molecule has 13 heavy (non-hydrogen) atoms. The maximum Gasteiger partial charge on any atom is 0.307 e. The minimum atomic E-state index is -1.03. The number of benzene rings is 1. The van der Waals surface area contributed by atoms with E-state index < -0.39 is 22.2 Å². The van der Waals surface area contributed by atoms with Crippen LogP contribution < -0.4 is 0 Å². The Labute approximate surface area is 80.6 Å². The Morgan fingerprint density at radius 1 is 1.38 bits per heavy atom. The first-order valence-electron chi connectivity index (χ1n) is 3.24. The quantitative estimate of drug-likeness (QED) is 0.461. The zero-order valence-corrected chi connectivity index (χ0v) is 7.85. The van der Waals surface area contributed by atoms with Crippen LogP contribution in [0.3, 0.4) is 0 Å². The van der Waals surface area contributed by atoms with E-state index >= 15 is 0 Å². The summed E-state index contributed by atoms with van der Waals surface area (Å²) in [5, 5.41) is 10.3. The maximum atomic E-state index is 12.9. The molecule has 0 fully saturated rings. The van der Waals surface area contributed by atoms with E-state index in [0.717, 1.165) is 6.07 Å². The van der Waals surface area contributed by atoms with Crippen LogP contribution >= 0.6 is 15.9 Å². The Kier molecular flexibility index (Phi) is 2.92. The third-order valence-electron chi connectivity index (χ3n) is 1.46. The van der Waals surface area contributed by atoms with Crippen LogP contribution in [-0.2, 0) is 5.33 Å². The largest absolute Gasteiger partial charge is 0.307 e. The highest BCUT2D eigenvalue weighted by Gasteiger charge is 2.17. The van der Waals surface area contributed by atoms with Gasteiger partial charge in [-0.05, 0) is 6.07 Å². The fourth-order valence-electron chi connectivity index (χ4n) is 0.820. The second kappa shape index (κ2) is 3.78. The van der Waals surface area contributed by atoms with Crippen LogP contribution in [0, 0.1) is 21.7 Å². The fourth-order valence-corrected chi connectivity index (χ4v) is 1.25. The molecule has 0 heterocycles. The van der Waals surface area contributed by atoms with Crippen LogP contribution in [0.1, 0.15) is 5.56 Å².